The van der Waals surface area contributed by atoms with Crippen LogP contribution in [0.4, 0.5) is 0 Å². The normalized spacial score (nSPS) is 16.1. The fraction of sp³-hybridized carbons (Fsp3) is 0.308. The molecule has 0 atom stereocenters. The third-order valence-corrected chi connectivity index (χ3v) is 8.03. The van der Waals surface area contributed by atoms with Crippen molar-refractivity contribution in [1.29, 1.82) is 0 Å². The van der Waals surface area contributed by atoms with Crippen LogP contribution in [0.2, 0.25) is 19.6 Å². The number of rotatable bonds is 2. The van der Waals surface area contributed by atoms with Crippen LogP contribution < -0.4 is 10.4 Å². The van der Waals surface area contributed by atoms with E-state index in [4.69, 9.17) is 0 Å². The molecule has 0 nitrogen and oxygen atoms in total. The molecule has 0 heterocycles. The van der Waals surface area contributed by atoms with Crippen molar-refractivity contribution in [3.8, 4) is 0 Å². The molecule has 0 fully saturated rings. The molecule has 0 radical (unpaired) electrons. The second kappa shape index (κ2) is 5.94. The largest absolute Gasteiger partial charge is 0.0911 e. The number of hydrogen-bond acceptors (Lipinski definition) is 0. The fourth-order valence-electron chi connectivity index (χ4n) is 4.40. The van der Waals surface area contributed by atoms with Crippen molar-refractivity contribution in [1.82, 2.24) is 0 Å². The Morgan fingerprint density at radius 2 is 1.59 bits per heavy atom. The van der Waals surface area contributed by atoms with Crippen LogP contribution >= 0.6 is 0 Å². The summed E-state index contributed by atoms with van der Waals surface area (Å²) in [5, 5.41) is 6.81. The molecule has 0 bridgehead atoms. The Balaban J connectivity index is 2.03. The molecule has 4 rings (SSSR count). The lowest BCUT2D eigenvalue weighted by Gasteiger charge is -2.21. The zero-order chi connectivity index (χ0) is 19.6. The van der Waals surface area contributed by atoms with Gasteiger partial charge in [-0.1, -0.05) is 100 Å². The van der Waals surface area contributed by atoms with Gasteiger partial charge in [-0.25, -0.2) is 0 Å². The minimum absolute atomic E-state index is 0.207. The van der Waals surface area contributed by atoms with Crippen LogP contribution in [0.1, 0.15) is 38.3 Å². The zero-order valence-electron chi connectivity index (χ0n) is 17.5. The predicted molar refractivity (Wildman–Crippen MR) is 121 cm³/mol. The lowest BCUT2D eigenvalue weighted by atomic mass is 9.83. The molecule has 0 saturated heterocycles. The molecular weight excluding hydrogens is 340 g/mol. The lowest BCUT2D eigenvalue weighted by Crippen LogP contribution is -2.24. The van der Waals surface area contributed by atoms with Gasteiger partial charge >= 0.3 is 0 Å². The van der Waals surface area contributed by atoms with Gasteiger partial charge in [0.15, 0.2) is 0 Å². The average Bonchev–Trinajstić information content (AvgIpc) is 3.15. The molecule has 0 N–H and O–H groups in total. The molecule has 0 unspecified atom stereocenters. The lowest BCUT2D eigenvalue weighted by molar-refractivity contribution is 0.497. The van der Waals surface area contributed by atoms with Crippen molar-refractivity contribution in [3.63, 3.8) is 0 Å². The van der Waals surface area contributed by atoms with E-state index in [0.29, 0.717) is 0 Å². The van der Waals surface area contributed by atoms with Crippen molar-refractivity contribution >= 4 is 26.3 Å². The first-order valence-corrected chi connectivity index (χ1v) is 13.5. The van der Waals surface area contributed by atoms with Gasteiger partial charge in [-0.15, -0.1) is 0 Å². The first-order chi connectivity index (χ1) is 12.6. The van der Waals surface area contributed by atoms with Crippen LogP contribution in [0, 0.1) is 15.9 Å². The number of fused-ring (bicyclic) bond motifs is 2. The van der Waals surface area contributed by atoms with E-state index in [9.17, 15) is 0 Å². The molecule has 0 amide bonds. The quantitative estimate of drug-likeness (QED) is 0.520. The van der Waals surface area contributed by atoms with E-state index in [1.54, 1.807) is 10.8 Å². The van der Waals surface area contributed by atoms with Crippen molar-refractivity contribution in [2.24, 2.45) is 5.41 Å². The summed E-state index contributed by atoms with van der Waals surface area (Å²) in [6, 6.07) is 13.2. The van der Waals surface area contributed by atoms with E-state index >= 15 is 0 Å². The summed E-state index contributed by atoms with van der Waals surface area (Å²) in [6.07, 6.45) is 5.97. The van der Waals surface area contributed by atoms with Gasteiger partial charge in [-0.05, 0) is 55.5 Å². The summed E-state index contributed by atoms with van der Waals surface area (Å²) in [7, 11) is -1.46. The molecule has 2 aliphatic rings. The van der Waals surface area contributed by atoms with Gasteiger partial charge in [-0.3, -0.25) is 0 Å². The summed E-state index contributed by atoms with van der Waals surface area (Å²) in [5.74, 6) is 0. The Morgan fingerprint density at radius 3 is 2.26 bits per heavy atom. The van der Waals surface area contributed by atoms with E-state index in [2.05, 4.69) is 95.5 Å². The van der Waals surface area contributed by atoms with Crippen molar-refractivity contribution in [3.05, 3.63) is 85.2 Å². The Kier molecular flexibility index (Phi) is 4.01. The first kappa shape index (κ1) is 18.2. The molecule has 138 valence electrons. The van der Waals surface area contributed by atoms with Gasteiger partial charge < -0.3 is 0 Å². The van der Waals surface area contributed by atoms with E-state index in [-0.39, 0.29) is 5.41 Å². The van der Waals surface area contributed by atoms with Crippen LogP contribution in [0.15, 0.2) is 53.2 Å². The average molecular weight is 371 g/mol. The van der Waals surface area contributed by atoms with Crippen LogP contribution in [0.5, 0.6) is 0 Å². The molecule has 1 heteroatoms. The highest BCUT2D eigenvalue weighted by atomic mass is 28.3. The summed E-state index contributed by atoms with van der Waals surface area (Å²) in [5.41, 5.74) is 6.06. The smallest absolute Gasteiger partial charge is 0.0779 e. The standard InChI is InChI=1S/C26H30Si/c1-17-12-13-21-20-11-9-8-10-18(20)14-22(21)25(17)23-15-19(26(2,3)4)16-24(23)27(5,6)7/h8-14,16H,1,15H2,2-7H3. The minimum atomic E-state index is -1.46. The van der Waals surface area contributed by atoms with Crippen molar-refractivity contribution in [2.75, 3.05) is 0 Å². The van der Waals surface area contributed by atoms with Crippen LogP contribution in [0.3, 0.4) is 0 Å². The van der Waals surface area contributed by atoms with E-state index in [0.717, 1.165) is 11.6 Å². The van der Waals surface area contributed by atoms with Gasteiger partial charge in [0.2, 0.25) is 0 Å². The Bertz CT molecular complexity index is 1210. The fourth-order valence-corrected chi connectivity index (χ4v) is 6.13. The summed E-state index contributed by atoms with van der Waals surface area (Å²) >= 11 is 0. The molecule has 0 aromatic heterocycles. The number of benzene rings is 2. The molecule has 27 heavy (non-hydrogen) atoms. The predicted octanol–water partition coefficient (Wildman–Crippen LogP) is 5.53. The summed E-state index contributed by atoms with van der Waals surface area (Å²) < 4.78 is 0. The van der Waals surface area contributed by atoms with Crippen molar-refractivity contribution < 1.29 is 0 Å². The highest BCUT2D eigenvalue weighted by Gasteiger charge is 2.32. The summed E-state index contributed by atoms with van der Waals surface area (Å²) in [4.78, 5) is 0. The van der Waals surface area contributed by atoms with Gasteiger partial charge in [0.25, 0.3) is 0 Å². The Labute approximate surface area is 164 Å². The van der Waals surface area contributed by atoms with Crippen molar-refractivity contribution in [2.45, 2.75) is 46.8 Å². The zero-order valence-corrected chi connectivity index (χ0v) is 18.5. The molecular formula is C26H30Si. The van der Waals surface area contributed by atoms with Gasteiger partial charge in [0.1, 0.15) is 0 Å². The highest BCUT2D eigenvalue weighted by Crippen LogP contribution is 2.44. The van der Waals surface area contributed by atoms with E-state index in [1.807, 2.05) is 0 Å². The Hall–Kier alpha value is -2.12. The van der Waals surface area contributed by atoms with E-state index < -0.39 is 8.07 Å². The second-order valence-electron chi connectivity index (χ2n) is 10.0. The molecule has 0 saturated carbocycles. The summed E-state index contributed by atoms with van der Waals surface area (Å²) in [6.45, 7) is 18.9. The minimum Gasteiger partial charge on any atom is -0.0911 e. The highest BCUT2D eigenvalue weighted by molar-refractivity contribution is 6.84. The third-order valence-electron chi connectivity index (χ3n) is 5.97. The molecule has 2 aromatic rings. The molecule has 2 aliphatic carbocycles. The second-order valence-corrected chi connectivity index (χ2v) is 15.1. The number of hydrogen-bond donors (Lipinski definition) is 0. The number of allylic oxidation sites excluding steroid dienone is 4. The van der Waals surface area contributed by atoms with Crippen LogP contribution in [-0.4, -0.2) is 8.07 Å². The molecule has 0 aliphatic heterocycles. The maximum absolute atomic E-state index is 4.45. The topological polar surface area (TPSA) is 0 Å². The van der Waals surface area contributed by atoms with Crippen LogP contribution in [-0.2, 0) is 0 Å². The monoisotopic (exact) mass is 370 g/mol. The SMILES string of the molecule is C=c1ccc2c(c1C1=C([Si](C)(C)C)C=C(C(C)(C)C)C1)C=c1ccccc1=2. The maximum atomic E-state index is 4.45. The van der Waals surface area contributed by atoms with Gasteiger partial charge in [0.05, 0.1) is 8.07 Å². The Morgan fingerprint density at radius 1 is 0.889 bits per heavy atom. The molecule has 2 aromatic carbocycles. The van der Waals surface area contributed by atoms with E-state index in [1.165, 1.54) is 32.4 Å². The van der Waals surface area contributed by atoms with Gasteiger partial charge in [-0.2, -0.15) is 0 Å². The molecule has 0 spiro atoms. The van der Waals surface area contributed by atoms with Gasteiger partial charge in [0, 0.05) is 0 Å². The maximum Gasteiger partial charge on any atom is 0.0779 e. The first-order valence-electron chi connectivity index (χ1n) is 9.95. The third kappa shape index (κ3) is 2.98. The van der Waals surface area contributed by atoms with Crippen LogP contribution in [0.25, 0.3) is 18.2 Å².